The molecule has 11 heteroatoms. The number of aryl methyl sites for hydroxylation is 1. The lowest BCUT2D eigenvalue weighted by molar-refractivity contribution is -0.170. The molecule has 6 N–H and O–H groups in total. The molecule has 222 valence electrons. The van der Waals surface area contributed by atoms with Crippen LogP contribution in [0.15, 0.2) is 48.7 Å². The van der Waals surface area contributed by atoms with Gasteiger partial charge in [-0.3, -0.25) is 14.5 Å². The van der Waals surface area contributed by atoms with Crippen LogP contribution in [0.25, 0.3) is 11.0 Å². The molecule has 2 aromatic heterocycles. The highest BCUT2D eigenvalue weighted by Gasteiger charge is 2.41. The molecule has 41 heavy (non-hydrogen) atoms. The predicted molar refractivity (Wildman–Crippen MR) is 152 cm³/mol. The van der Waals surface area contributed by atoms with Gasteiger partial charge < -0.3 is 30.5 Å². The summed E-state index contributed by atoms with van der Waals surface area (Å²) in [6, 6.07) is 15.1. The average Bonchev–Trinajstić information content (AvgIpc) is 3.30. The summed E-state index contributed by atoms with van der Waals surface area (Å²) in [5.41, 5.74) is 2.50. The number of aromatic amines is 1. The molecule has 0 aliphatic heterocycles. The number of aliphatic hydroxyl groups is 2. The summed E-state index contributed by atoms with van der Waals surface area (Å²) < 4.78 is 0. The van der Waals surface area contributed by atoms with Gasteiger partial charge in [-0.25, -0.2) is 9.78 Å². The van der Waals surface area contributed by atoms with Gasteiger partial charge in [-0.15, -0.1) is 0 Å². The minimum Gasteiger partial charge on any atom is -0.481 e. The first-order valence-electron chi connectivity index (χ1n) is 13.6. The lowest BCUT2D eigenvalue weighted by Gasteiger charge is -2.45. The van der Waals surface area contributed by atoms with Crippen molar-refractivity contribution in [2.75, 3.05) is 20.7 Å². The molecule has 3 aromatic rings. The number of pyridine rings is 1. The molecule has 0 radical (unpaired) electrons. The number of carbonyl (C=O) groups is 3. The Kier molecular flexibility index (Phi) is 10.6. The van der Waals surface area contributed by atoms with Crippen LogP contribution in [-0.4, -0.2) is 84.6 Å². The summed E-state index contributed by atoms with van der Waals surface area (Å²) in [4.78, 5) is 41.1. The van der Waals surface area contributed by atoms with Gasteiger partial charge in [0.2, 0.25) is 0 Å². The first-order valence-corrected chi connectivity index (χ1v) is 13.6. The van der Waals surface area contributed by atoms with Gasteiger partial charge in [0.25, 0.3) is 0 Å². The van der Waals surface area contributed by atoms with Crippen molar-refractivity contribution in [1.29, 1.82) is 0 Å². The van der Waals surface area contributed by atoms with Crippen LogP contribution < -0.4 is 0 Å². The van der Waals surface area contributed by atoms with E-state index in [-0.39, 0.29) is 12.1 Å². The number of carboxylic acids is 3. The van der Waals surface area contributed by atoms with Gasteiger partial charge in [0.05, 0.1) is 12.8 Å². The summed E-state index contributed by atoms with van der Waals surface area (Å²) in [5.74, 6) is -4.49. The van der Waals surface area contributed by atoms with Gasteiger partial charge in [0, 0.05) is 29.4 Å². The Bertz CT molecular complexity index is 1310. The molecule has 1 saturated carbocycles. The number of nitrogens with one attached hydrogen (secondary N) is 1. The molecule has 0 amide bonds. The van der Waals surface area contributed by atoms with E-state index in [1.54, 1.807) is 0 Å². The molecule has 11 nitrogen and oxygen atoms in total. The first kappa shape index (κ1) is 31.7. The number of fused-ring (bicyclic) bond motifs is 1. The van der Waals surface area contributed by atoms with E-state index < -0.39 is 36.4 Å². The SMILES string of the molecule is CN(C)C1(c2ccccc2)CCC(c2[nH]c3ncccc3c2CCCO)CC1.O=C(O)CC(O)(CC(=O)O)C(=O)O. The van der Waals surface area contributed by atoms with E-state index in [9.17, 15) is 19.5 Å². The molecule has 1 fully saturated rings. The Morgan fingerprint density at radius 3 is 2.12 bits per heavy atom. The summed E-state index contributed by atoms with van der Waals surface area (Å²) in [6.07, 6.45) is 5.89. The molecule has 1 aromatic carbocycles. The Balaban J connectivity index is 0.000000302. The number of hydrogen-bond acceptors (Lipinski definition) is 7. The van der Waals surface area contributed by atoms with E-state index >= 15 is 0 Å². The Morgan fingerprint density at radius 1 is 1.00 bits per heavy atom. The monoisotopic (exact) mass is 569 g/mol. The van der Waals surface area contributed by atoms with Gasteiger partial charge >= 0.3 is 17.9 Å². The number of hydrogen-bond donors (Lipinski definition) is 6. The summed E-state index contributed by atoms with van der Waals surface area (Å²) >= 11 is 0. The molecular weight excluding hydrogens is 530 g/mol. The Hall–Kier alpha value is -3.80. The van der Waals surface area contributed by atoms with Crippen LogP contribution in [0, 0.1) is 0 Å². The van der Waals surface area contributed by atoms with Crippen molar-refractivity contribution in [1.82, 2.24) is 14.9 Å². The van der Waals surface area contributed by atoms with Gasteiger partial charge in [-0.2, -0.15) is 0 Å². The number of benzene rings is 1. The maximum Gasteiger partial charge on any atom is 0.336 e. The highest BCUT2D eigenvalue weighted by Crippen LogP contribution is 2.47. The van der Waals surface area contributed by atoms with Crippen molar-refractivity contribution < 1.29 is 39.9 Å². The molecule has 1 aliphatic rings. The number of aliphatic carboxylic acids is 3. The van der Waals surface area contributed by atoms with E-state index in [1.165, 1.54) is 22.2 Å². The van der Waals surface area contributed by atoms with Crippen LogP contribution in [0.4, 0.5) is 0 Å². The van der Waals surface area contributed by atoms with Gasteiger partial charge in [0.1, 0.15) is 5.65 Å². The van der Waals surface area contributed by atoms with Crippen molar-refractivity contribution >= 4 is 28.9 Å². The summed E-state index contributed by atoms with van der Waals surface area (Å²) in [5, 5.41) is 44.4. The first-order chi connectivity index (χ1) is 19.4. The standard InChI is InChI=1S/C24H31N3O.C6H8O7/c1-27(2)24(19-8-4-3-5-9-19)14-12-18(13-15-24)22-20(11-7-17-28)21-10-6-16-25-23(21)26-22;7-3(8)1-6(13,5(11)12)2-4(9)10/h3-6,8-10,16,18,28H,7,11-15,17H2,1-2H3,(H,25,26);13H,1-2H2,(H,7,8)(H,9,10)(H,11,12). The number of aliphatic hydroxyl groups excluding tert-OH is 1. The van der Waals surface area contributed by atoms with Crippen LogP contribution in [0.1, 0.15) is 67.7 Å². The number of rotatable bonds is 11. The lowest BCUT2D eigenvalue weighted by atomic mass is 9.70. The molecule has 0 bridgehead atoms. The number of H-pyrrole nitrogens is 1. The maximum atomic E-state index is 10.3. The molecule has 1 aliphatic carbocycles. The molecule has 0 saturated heterocycles. The molecular formula is C30H39N3O8. The zero-order chi connectivity index (χ0) is 30.2. The molecule has 2 heterocycles. The number of carboxylic acid groups (broad SMARTS) is 3. The number of aromatic nitrogens is 2. The second kappa shape index (κ2) is 13.7. The molecule has 0 spiro atoms. The third-order valence-corrected chi connectivity index (χ3v) is 7.97. The molecule has 4 rings (SSSR count). The second-order valence-electron chi connectivity index (χ2n) is 10.8. The molecule has 0 atom stereocenters. The fourth-order valence-electron chi connectivity index (χ4n) is 5.81. The van der Waals surface area contributed by atoms with Gasteiger partial charge in [0.15, 0.2) is 5.60 Å². The number of nitrogens with zero attached hydrogens (tertiary/aromatic N) is 2. The largest absolute Gasteiger partial charge is 0.481 e. The second-order valence-corrected chi connectivity index (χ2v) is 10.8. The molecule has 0 unspecified atom stereocenters. The zero-order valence-corrected chi connectivity index (χ0v) is 23.4. The normalized spacial score (nSPS) is 19.0. The topological polar surface area (TPSA) is 184 Å². The van der Waals surface area contributed by atoms with Gasteiger partial charge in [-0.05, 0) is 81.8 Å². The fourth-order valence-corrected chi connectivity index (χ4v) is 5.81. The quantitative estimate of drug-likeness (QED) is 0.200. The van der Waals surface area contributed by atoms with E-state index in [2.05, 4.69) is 65.4 Å². The van der Waals surface area contributed by atoms with Crippen molar-refractivity contribution in [2.45, 2.75) is 68.4 Å². The van der Waals surface area contributed by atoms with Crippen molar-refractivity contribution in [3.8, 4) is 0 Å². The third kappa shape index (κ3) is 7.49. The van der Waals surface area contributed by atoms with E-state index in [1.807, 2.05) is 12.3 Å². The van der Waals surface area contributed by atoms with E-state index in [0.717, 1.165) is 44.2 Å². The van der Waals surface area contributed by atoms with Crippen molar-refractivity contribution in [3.63, 3.8) is 0 Å². The average molecular weight is 570 g/mol. The van der Waals surface area contributed by atoms with E-state index in [4.69, 9.17) is 20.4 Å². The Labute approximate surface area is 238 Å². The van der Waals surface area contributed by atoms with Crippen LogP contribution in [0.2, 0.25) is 0 Å². The lowest BCUT2D eigenvalue weighted by Crippen LogP contribution is -2.44. The minimum absolute atomic E-state index is 0.118. The predicted octanol–water partition coefficient (Wildman–Crippen LogP) is 3.35. The maximum absolute atomic E-state index is 10.3. The van der Waals surface area contributed by atoms with Crippen molar-refractivity contribution in [2.24, 2.45) is 0 Å². The van der Waals surface area contributed by atoms with Crippen molar-refractivity contribution in [3.05, 3.63) is 65.5 Å². The van der Waals surface area contributed by atoms with Crippen LogP contribution in [-0.2, 0) is 26.3 Å². The van der Waals surface area contributed by atoms with E-state index in [0.29, 0.717) is 5.92 Å². The zero-order valence-electron chi connectivity index (χ0n) is 23.4. The smallest absolute Gasteiger partial charge is 0.336 e. The highest BCUT2D eigenvalue weighted by molar-refractivity contribution is 5.88. The third-order valence-electron chi connectivity index (χ3n) is 7.97. The minimum atomic E-state index is -2.74. The highest BCUT2D eigenvalue weighted by atomic mass is 16.4. The van der Waals surface area contributed by atoms with Crippen LogP contribution in [0.3, 0.4) is 0 Å². The van der Waals surface area contributed by atoms with Crippen LogP contribution >= 0.6 is 0 Å². The summed E-state index contributed by atoms with van der Waals surface area (Å²) in [7, 11) is 4.43. The van der Waals surface area contributed by atoms with Crippen LogP contribution in [0.5, 0.6) is 0 Å². The fraction of sp³-hybridized carbons (Fsp3) is 0.467. The Morgan fingerprint density at radius 2 is 1.61 bits per heavy atom. The van der Waals surface area contributed by atoms with Gasteiger partial charge in [-0.1, -0.05) is 30.3 Å². The summed E-state index contributed by atoms with van der Waals surface area (Å²) in [6.45, 7) is 0.231.